The first kappa shape index (κ1) is 18.6. The lowest BCUT2D eigenvalue weighted by Crippen LogP contribution is -3.22. The molecule has 1 aliphatic carbocycles. The number of hydrogen-bond acceptors (Lipinski definition) is 4. The lowest BCUT2D eigenvalue weighted by Gasteiger charge is -2.32. The van der Waals surface area contributed by atoms with E-state index >= 15 is 0 Å². The first-order valence-corrected chi connectivity index (χ1v) is 10.9. The van der Waals surface area contributed by atoms with Crippen LogP contribution in [0.5, 0.6) is 0 Å². The quantitative estimate of drug-likeness (QED) is 0.563. The molecule has 4 aliphatic rings. The fraction of sp³-hybridized carbons (Fsp3) is 0.360. The second kappa shape index (κ2) is 5.98. The molecular weight excluding hydrogens is 392 g/mol. The highest BCUT2D eigenvalue weighted by molar-refractivity contribution is 6.36. The summed E-state index contributed by atoms with van der Waals surface area (Å²) in [6, 6.07) is 12.3. The Morgan fingerprint density at radius 2 is 1.48 bits per heavy atom. The molecule has 1 unspecified atom stereocenters. The molecule has 2 amide bonds. The summed E-state index contributed by atoms with van der Waals surface area (Å²) in [6.45, 7) is 4.39. The Morgan fingerprint density at radius 3 is 2.10 bits per heavy atom. The van der Waals surface area contributed by atoms with Crippen LogP contribution in [0.4, 0.5) is 5.69 Å². The summed E-state index contributed by atoms with van der Waals surface area (Å²) in [5, 5.41) is 0. The van der Waals surface area contributed by atoms with Crippen molar-refractivity contribution in [3.63, 3.8) is 0 Å². The zero-order valence-corrected chi connectivity index (χ0v) is 17.5. The van der Waals surface area contributed by atoms with Crippen molar-refractivity contribution in [2.75, 3.05) is 11.4 Å². The van der Waals surface area contributed by atoms with Gasteiger partial charge in [-0.25, -0.2) is 4.90 Å². The maximum absolute atomic E-state index is 13.9. The summed E-state index contributed by atoms with van der Waals surface area (Å²) in [4.78, 5) is 57.4. The molecule has 31 heavy (non-hydrogen) atoms. The van der Waals surface area contributed by atoms with E-state index in [4.69, 9.17) is 0 Å². The third-order valence-electron chi connectivity index (χ3n) is 7.96. The number of quaternary nitrogens is 1. The summed E-state index contributed by atoms with van der Waals surface area (Å²) in [6.07, 6.45) is 1.58. The lowest BCUT2D eigenvalue weighted by molar-refractivity contribution is -0.930. The summed E-state index contributed by atoms with van der Waals surface area (Å²) < 4.78 is 0. The molecule has 1 spiro atoms. The van der Waals surface area contributed by atoms with Crippen LogP contribution in [0.25, 0.3) is 0 Å². The molecule has 4 atom stereocenters. The van der Waals surface area contributed by atoms with E-state index in [1.54, 1.807) is 24.3 Å². The third kappa shape index (κ3) is 1.97. The van der Waals surface area contributed by atoms with Crippen molar-refractivity contribution >= 4 is 29.1 Å². The molecule has 6 rings (SSSR count). The lowest BCUT2D eigenvalue weighted by atomic mass is 9.76. The van der Waals surface area contributed by atoms with Gasteiger partial charge in [-0.2, -0.15) is 0 Å². The smallest absolute Gasteiger partial charge is 0.245 e. The maximum Gasteiger partial charge on any atom is 0.245 e. The number of rotatable bonds is 1. The van der Waals surface area contributed by atoms with Gasteiger partial charge in [0.1, 0.15) is 17.9 Å². The van der Waals surface area contributed by atoms with E-state index in [0.29, 0.717) is 23.4 Å². The number of carbonyl (C=O) groups excluding carboxylic acids is 4. The predicted molar refractivity (Wildman–Crippen MR) is 112 cm³/mol. The molecule has 3 saturated heterocycles. The number of para-hydroxylation sites is 1. The molecule has 6 heteroatoms. The van der Waals surface area contributed by atoms with Crippen LogP contribution in [0.1, 0.15) is 44.7 Å². The van der Waals surface area contributed by atoms with Gasteiger partial charge in [-0.3, -0.25) is 19.2 Å². The van der Waals surface area contributed by atoms with Crippen LogP contribution >= 0.6 is 0 Å². The van der Waals surface area contributed by atoms with E-state index in [1.165, 1.54) is 4.90 Å². The van der Waals surface area contributed by atoms with Crippen molar-refractivity contribution in [1.82, 2.24) is 0 Å². The molecule has 156 valence electrons. The largest absolute Gasteiger partial charge is 0.313 e. The predicted octanol–water partition coefficient (Wildman–Crippen LogP) is 1.29. The Bertz CT molecular complexity index is 1160. The van der Waals surface area contributed by atoms with Crippen molar-refractivity contribution in [3.8, 4) is 0 Å². The van der Waals surface area contributed by atoms with E-state index in [0.717, 1.165) is 28.9 Å². The first-order chi connectivity index (χ1) is 14.9. The van der Waals surface area contributed by atoms with E-state index in [-0.39, 0.29) is 23.5 Å². The molecule has 2 aromatic carbocycles. The fourth-order valence-corrected chi connectivity index (χ4v) is 6.87. The van der Waals surface area contributed by atoms with E-state index in [1.807, 2.05) is 32.0 Å². The Hall–Kier alpha value is -3.12. The molecule has 0 radical (unpaired) electrons. The number of nitrogens with one attached hydrogen (secondary N) is 1. The second-order valence-electron chi connectivity index (χ2n) is 9.29. The molecule has 6 nitrogen and oxygen atoms in total. The number of ketones is 2. The number of amides is 2. The average molecular weight is 415 g/mol. The van der Waals surface area contributed by atoms with Gasteiger partial charge in [-0.1, -0.05) is 42.5 Å². The molecule has 2 aromatic rings. The molecule has 3 fully saturated rings. The minimum absolute atomic E-state index is 0.182. The van der Waals surface area contributed by atoms with Crippen molar-refractivity contribution < 1.29 is 24.1 Å². The summed E-state index contributed by atoms with van der Waals surface area (Å²) in [5.74, 6) is -2.80. The van der Waals surface area contributed by atoms with Gasteiger partial charge < -0.3 is 4.90 Å². The van der Waals surface area contributed by atoms with Crippen LogP contribution in [-0.4, -0.2) is 41.5 Å². The van der Waals surface area contributed by atoms with Gasteiger partial charge in [-0.15, -0.1) is 0 Å². The highest BCUT2D eigenvalue weighted by Crippen LogP contribution is 2.49. The maximum atomic E-state index is 13.9. The van der Waals surface area contributed by atoms with Gasteiger partial charge in [0.15, 0.2) is 0 Å². The zero-order chi connectivity index (χ0) is 21.7. The van der Waals surface area contributed by atoms with Crippen LogP contribution in [0, 0.1) is 25.7 Å². The Kier molecular flexibility index (Phi) is 3.59. The molecule has 0 saturated carbocycles. The van der Waals surface area contributed by atoms with Gasteiger partial charge in [-0.05, 0) is 25.0 Å². The minimum atomic E-state index is -1.51. The Morgan fingerprint density at radius 1 is 0.871 bits per heavy atom. The normalized spacial score (nSPS) is 30.3. The third-order valence-corrected chi connectivity index (χ3v) is 7.96. The van der Waals surface area contributed by atoms with Crippen molar-refractivity contribution in [2.24, 2.45) is 11.8 Å². The van der Waals surface area contributed by atoms with Crippen LogP contribution in [0.15, 0.2) is 42.5 Å². The number of aryl methyl sites for hydroxylation is 2. The standard InChI is InChI=1S/C25H22N2O4/c1-13-7-5-8-14(2)20(13)27-23(30)18-17-11-6-12-26(17)25(19(18)24(27)31)21(28)15-9-3-4-10-16(15)22(25)29/h3-5,7-10,17-19H,6,11-12H2,1-2H3/p+1/t17-,18-,19-/m0/s1. The number of benzene rings is 2. The first-order valence-electron chi connectivity index (χ1n) is 10.9. The number of fused-ring (bicyclic) bond motifs is 6. The van der Waals surface area contributed by atoms with Gasteiger partial charge in [0.05, 0.1) is 12.2 Å². The van der Waals surface area contributed by atoms with Gasteiger partial charge >= 0.3 is 0 Å². The molecule has 3 aliphatic heterocycles. The van der Waals surface area contributed by atoms with Crippen molar-refractivity contribution in [1.29, 1.82) is 0 Å². The monoisotopic (exact) mass is 415 g/mol. The van der Waals surface area contributed by atoms with Crippen LogP contribution in [0.3, 0.4) is 0 Å². The number of nitrogens with zero attached hydrogens (tertiary/aromatic N) is 1. The number of carbonyl (C=O) groups is 4. The van der Waals surface area contributed by atoms with Crippen LogP contribution in [-0.2, 0) is 9.59 Å². The summed E-state index contributed by atoms with van der Waals surface area (Å²) in [7, 11) is 0. The van der Waals surface area contributed by atoms with E-state index in [9.17, 15) is 19.2 Å². The van der Waals surface area contributed by atoms with Crippen molar-refractivity contribution in [3.05, 3.63) is 64.7 Å². The van der Waals surface area contributed by atoms with Gasteiger partial charge in [0, 0.05) is 24.0 Å². The molecular formula is C25H23N2O4+. The Balaban J connectivity index is 1.57. The topological polar surface area (TPSA) is 76.0 Å². The van der Waals surface area contributed by atoms with Crippen LogP contribution < -0.4 is 9.80 Å². The highest BCUT2D eigenvalue weighted by Gasteiger charge is 2.80. The minimum Gasteiger partial charge on any atom is -0.313 e. The fourth-order valence-electron chi connectivity index (χ4n) is 6.87. The van der Waals surface area contributed by atoms with Gasteiger partial charge in [0.25, 0.3) is 0 Å². The number of Topliss-reactive ketones (excluding diaryl/α,β-unsaturated/α-hetero) is 2. The number of anilines is 1. The molecule has 1 N–H and O–H groups in total. The van der Waals surface area contributed by atoms with Crippen molar-refractivity contribution in [2.45, 2.75) is 38.3 Å². The van der Waals surface area contributed by atoms with E-state index in [2.05, 4.69) is 0 Å². The Labute approximate surface area is 179 Å². The highest BCUT2D eigenvalue weighted by atomic mass is 16.2. The SMILES string of the molecule is Cc1cccc(C)c1N1C(=O)[C@@H]2[C@@H](C1=O)C1(C(=O)c3ccccc3C1=O)[NH+]1CCC[C@@H]21. The average Bonchev–Trinajstić information content (AvgIpc) is 3.44. The molecule has 0 bridgehead atoms. The van der Waals surface area contributed by atoms with Crippen LogP contribution in [0.2, 0.25) is 0 Å². The zero-order valence-electron chi connectivity index (χ0n) is 17.5. The van der Waals surface area contributed by atoms with Gasteiger partial charge in [0.2, 0.25) is 28.9 Å². The summed E-state index contributed by atoms with van der Waals surface area (Å²) in [5.41, 5.74) is 1.52. The molecule has 0 aromatic heterocycles. The number of imide groups is 1. The molecule has 3 heterocycles. The number of hydrogen-bond donors (Lipinski definition) is 1. The van der Waals surface area contributed by atoms with E-state index < -0.39 is 23.3 Å². The second-order valence-corrected chi connectivity index (χ2v) is 9.29. The summed E-state index contributed by atoms with van der Waals surface area (Å²) >= 11 is 0.